The Kier molecular flexibility index (Phi) is 7.23. The average Bonchev–Trinajstić information content (AvgIpc) is 2.74. The number of aromatic nitrogens is 2. The van der Waals surface area contributed by atoms with Crippen LogP contribution in [0.2, 0.25) is 0 Å². The van der Waals surface area contributed by atoms with Gasteiger partial charge in [-0.25, -0.2) is 4.98 Å². The van der Waals surface area contributed by atoms with E-state index >= 15 is 0 Å². The van der Waals surface area contributed by atoms with Crippen molar-refractivity contribution in [3.05, 3.63) is 48.4 Å². The predicted molar refractivity (Wildman–Crippen MR) is 116 cm³/mol. The summed E-state index contributed by atoms with van der Waals surface area (Å²) < 4.78 is 5.68. The lowest BCUT2D eigenvalue weighted by molar-refractivity contribution is -0.000147. The highest BCUT2D eigenvalue weighted by Crippen LogP contribution is 2.25. The smallest absolute Gasteiger partial charge is 0.253 e. The highest BCUT2D eigenvalue weighted by Gasteiger charge is 2.36. The van der Waals surface area contributed by atoms with Crippen molar-refractivity contribution in [2.24, 2.45) is 0 Å². The number of amides is 1. The molecular formula is C22H31N5O3. The maximum absolute atomic E-state index is 12.9. The van der Waals surface area contributed by atoms with Crippen molar-refractivity contribution in [3.8, 4) is 5.75 Å². The minimum absolute atomic E-state index is 0.125. The number of β-amino-alcohol motifs (C(OH)–C–C–N with tert-alkyl or cyclic N) is 1. The van der Waals surface area contributed by atoms with Gasteiger partial charge in [-0.15, -0.1) is 0 Å². The molecule has 0 bridgehead atoms. The molecule has 3 rings (SSSR count). The van der Waals surface area contributed by atoms with Crippen molar-refractivity contribution < 1.29 is 14.6 Å². The van der Waals surface area contributed by atoms with Gasteiger partial charge in [0.25, 0.3) is 5.91 Å². The van der Waals surface area contributed by atoms with Crippen molar-refractivity contribution in [3.63, 3.8) is 0 Å². The molecule has 1 fully saturated rings. The molecular weight excluding hydrogens is 382 g/mol. The minimum Gasteiger partial charge on any atom is -0.492 e. The van der Waals surface area contributed by atoms with Crippen molar-refractivity contribution >= 4 is 11.7 Å². The molecule has 0 unspecified atom stereocenters. The van der Waals surface area contributed by atoms with Crippen LogP contribution in [0.25, 0.3) is 0 Å². The molecule has 1 aromatic carbocycles. The molecule has 8 heteroatoms. The second-order valence-corrected chi connectivity index (χ2v) is 8.15. The van der Waals surface area contributed by atoms with E-state index in [0.717, 1.165) is 31.1 Å². The SMILES string of the molecule is CN(C)CCOc1ccc(C(=O)N(C)C[C@@]2(O)CCCN(c3cnccn3)C2)cc1. The second kappa shape index (κ2) is 9.86. The summed E-state index contributed by atoms with van der Waals surface area (Å²) in [5.41, 5.74) is -0.419. The number of nitrogens with zero attached hydrogens (tertiary/aromatic N) is 5. The van der Waals surface area contributed by atoms with Crippen LogP contribution in [0, 0.1) is 0 Å². The standard InChI is InChI=1S/C22H31N5O3/c1-25(2)13-14-30-19-7-5-18(6-8-19)21(28)26(3)16-22(29)9-4-12-27(17-22)20-15-23-10-11-24-20/h5-8,10-11,15,29H,4,9,12-14,16-17H2,1-3H3/t22-/m0/s1. The summed E-state index contributed by atoms with van der Waals surface area (Å²) in [5, 5.41) is 11.1. The number of rotatable bonds is 8. The number of aliphatic hydroxyl groups is 1. The van der Waals surface area contributed by atoms with E-state index < -0.39 is 5.60 Å². The fraction of sp³-hybridized carbons (Fsp3) is 0.500. The molecule has 1 atom stereocenters. The van der Waals surface area contributed by atoms with Gasteiger partial charge in [-0.2, -0.15) is 0 Å². The van der Waals surface area contributed by atoms with Crippen LogP contribution in [0.4, 0.5) is 5.82 Å². The summed E-state index contributed by atoms with van der Waals surface area (Å²) in [6.45, 7) is 2.91. The van der Waals surface area contributed by atoms with E-state index in [1.807, 2.05) is 36.0 Å². The van der Waals surface area contributed by atoms with Gasteiger partial charge in [-0.1, -0.05) is 0 Å². The van der Waals surface area contributed by atoms with Crippen LogP contribution < -0.4 is 9.64 Å². The molecule has 162 valence electrons. The molecule has 1 aliphatic rings. The Hall–Kier alpha value is -2.71. The van der Waals surface area contributed by atoms with Gasteiger partial charge in [-0.05, 0) is 51.2 Å². The van der Waals surface area contributed by atoms with E-state index in [1.165, 1.54) is 0 Å². The lowest BCUT2D eigenvalue weighted by Crippen LogP contribution is -2.54. The van der Waals surface area contributed by atoms with Crippen molar-refractivity contribution in [1.29, 1.82) is 0 Å². The zero-order chi connectivity index (χ0) is 21.6. The number of anilines is 1. The van der Waals surface area contributed by atoms with Crippen LogP contribution >= 0.6 is 0 Å². The Morgan fingerprint density at radius 2 is 2.00 bits per heavy atom. The molecule has 1 saturated heterocycles. The molecule has 30 heavy (non-hydrogen) atoms. The summed E-state index contributed by atoms with van der Waals surface area (Å²) in [5.74, 6) is 1.36. The lowest BCUT2D eigenvalue weighted by atomic mass is 9.92. The van der Waals surface area contributed by atoms with Crippen LogP contribution in [-0.2, 0) is 0 Å². The molecule has 8 nitrogen and oxygen atoms in total. The molecule has 0 spiro atoms. The van der Waals surface area contributed by atoms with Crippen LogP contribution in [0.5, 0.6) is 5.75 Å². The molecule has 0 radical (unpaired) electrons. The number of piperidine rings is 1. The van der Waals surface area contributed by atoms with Gasteiger partial charge in [0.2, 0.25) is 0 Å². The second-order valence-electron chi connectivity index (χ2n) is 8.15. The third-order valence-corrected chi connectivity index (χ3v) is 5.22. The van der Waals surface area contributed by atoms with E-state index in [9.17, 15) is 9.90 Å². The first-order chi connectivity index (χ1) is 14.4. The van der Waals surface area contributed by atoms with Gasteiger partial charge in [0.05, 0.1) is 18.3 Å². The van der Waals surface area contributed by atoms with Gasteiger partial charge >= 0.3 is 0 Å². The summed E-state index contributed by atoms with van der Waals surface area (Å²) in [6.07, 6.45) is 6.44. The Morgan fingerprint density at radius 1 is 1.23 bits per heavy atom. The average molecular weight is 414 g/mol. The Labute approximate surface area is 178 Å². The van der Waals surface area contributed by atoms with Crippen LogP contribution in [0.15, 0.2) is 42.9 Å². The monoisotopic (exact) mass is 413 g/mol. The topological polar surface area (TPSA) is 82.0 Å². The number of likely N-dealkylation sites (N-methyl/N-ethyl adjacent to an activating group) is 2. The predicted octanol–water partition coefficient (Wildman–Crippen LogP) is 1.52. The molecule has 2 aromatic rings. The van der Waals surface area contributed by atoms with Crippen molar-refractivity contribution in [2.45, 2.75) is 18.4 Å². The highest BCUT2D eigenvalue weighted by atomic mass is 16.5. The minimum atomic E-state index is -0.991. The van der Waals surface area contributed by atoms with E-state index in [4.69, 9.17) is 4.74 Å². The zero-order valence-electron chi connectivity index (χ0n) is 18.0. The first kappa shape index (κ1) is 22.0. The van der Waals surface area contributed by atoms with Gasteiger partial charge in [-0.3, -0.25) is 9.78 Å². The third kappa shape index (κ3) is 5.90. The maximum Gasteiger partial charge on any atom is 0.253 e. The fourth-order valence-electron chi connectivity index (χ4n) is 3.66. The van der Waals surface area contributed by atoms with E-state index in [0.29, 0.717) is 25.1 Å². The van der Waals surface area contributed by atoms with Gasteiger partial charge in [0, 0.05) is 44.6 Å². The van der Waals surface area contributed by atoms with Crippen molar-refractivity contribution in [2.75, 3.05) is 58.8 Å². The normalized spacial score (nSPS) is 19.0. The van der Waals surface area contributed by atoms with Crippen molar-refractivity contribution in [1.82, 2.24) is 19.8 Å². The van der Waals surface area contributed by atoms with Crippen LogP contribution in [0.1, 0.15) is 23.2 Å². The summed E-state index contributed by atoms with van der Waals surface area (Å²) in [7, 11) is 5.71. The fourth-order valence-corrected chi connectivity index (χ4v) is 3.66. The number of hydrogen-bond acceptors (Lipinski definition) is 7. The molecule has 1 aliphatic heterocycles. The summed E-state index contributed by atoms with van der Waals surface area (Å²) in [6, 6.07) is 7.14. The Bertz CT molecular complexity index is 815. The molecule has 0 aliphatic carbocycles. The summed E-state index contributed by atoms with van der Waals surface area (Å²) >= 11 is 0. The number of hydrogen-bond donors (Lipinski definition) is 1. The van der Waals surface area contributed by atoms with Gasteiger partial charge in [0.1, 0.15) is 18.2 Å². The largest absolute Gasteiger partial charge is 0.492 e. The molecule has 1 aromatic heterocycles. The van der Waals surface area contributed by atoms with E-state index in [2.05, 4.69) is 9.97 Å². The zero-order valence-corrected chi connectivity index (χ0v) is 18.0. The third-order valence-electron chi connectivity index (χ3n) is 5.22. The Morgan fingerprint density at radius 3 is 2.67 bits per heavy atom. The first-order valence-corrected chi connectivity index (χ1v) is 10.2. The first-order valence-electron chi connectivity index (χ1n) is 10.2. The van der Waals surface area contributed by atoms with E-state index in [1.54, 1.807) is 42.7 Å². The quantitative estimate of drug-likeness (QED) is 0.703. The Balaban J connectivity index is 1.57. The molecule has 2 heterocycles. The van der Waals surface area contributed by atoms with E-state index in [-0.39, 0.29) is 12.5 Å². The molecule has 0 saturated carbocycles. The van der Waals surface area contributed by atoms with Crippen LogP contribution in [0.3, 0.4) is 0 Å². The number of benzene rings is 1. The maximum atomic E-state index is 12.9. The lowest BCUT2D eigenvalue weighted by Gasteiger charge is -2.41. The number of carbonyl (C=O) groups is 1. The number of carbonyl (C=O) groups excluding carboxylic acids is 1. The van der Waals surface area contributed by atoms with Gasteiger partial charge in [0.15, 0.2) is 0 Å². The highest BCUT2D eigenvalue weighted by molar-refractivity contribution is 5.94. The molecule has 1 N–H and O–H groups in total. The summed E-state index contributed by atoms with van der Waals surface area (Å²) in [4.78, 5) is 26.9. The van der Waals surface area contributed by atoms with Crippen LogP contribution in [-0.4, -0.2) is 90.3 Å². The molecule has 1 amide bonds. The number of ether oxygens (including phenoxy) is 1. The van der Waals surface area contributed by atoms with Gasteiger partial charge < -0.3 is 24.5 Å².